The van der Waals surface area contributed by atoms with E-state index in [1.807, 2.05) is 0 Å². The van der Waals surface area contributed by atoms with Crippen LogP contribution in [-0.2, 0) is 29.4 Å². The van der Waals surface area contributed by atoms with E-state index in [0.717, 1.165) is 19.2 Å². The molecule has 0 saturated heterocycles. The van der Waals surface area contributed by atoms with Gasteiger partial charge < -0.3 is 14.2 Å². The van der Waals surface area contributed by atoms with Crippen molar-refractivity contribution in [1.82, 2.24) is 0 Å². The molecule has 1 aromatic carbocycles. The van der Waals surface area contributed by atoms with E-state index in [-0.39, 0.29) is 12.0 Å². The van der Waals surface area contributed by atoms with E-state index in [1.165, 1.54) is 31.2 Å². The minimum Gasteiger partial charge on any atom is -0.460 e. The lowest BCUT2D eigenvalue weighted by atomic mass is 9.92. The first-order valence-corrected chi connectivity index (χ1v) is 7.96. The van der Waals surface area contributed by atoms with Crippen LogP contribution in [0.3, 0.4) is 0 Å². The fourth-order valence-corrected chi connectivity index (χ4v) is 2.78. The monoisotopic (exact) mass is 372 g/mol. The molecule has 0 radical (unpaired) electrons. The van der Waals surface area contributed by atoms with Crippen LogP contribution in [0.15, 0.2) is 42.5 Å². The SMILES string of the molecule is CO[C@@](C(=O)O[C@@H](C)C[C@H]1CC=CC(=O)O1)(c1ccccc1)C(F)(F)F. The normalized spacial score (nSPS) is 20.8. The fraction of sp³-hybridized carbons (Fsp3) is 0.444. The van der Waals surface area contributed by atoms with Gasteiger partial charge in [0, 0.05) is 31.6 Å². The Hall–Kier alpha value is -2.35. The third-order valence-electron chi connectivity index (χ3n) is 4.01. The highest BCUT2D eigenvalue weighted by Crippen LogP contribution is 2.43. The molecule has 3 atom stereocenters. The molecule has 0 amide bonds. The van der Waals surface area contributed by atoms with Gasteiger partial charge in [0.15, 0.2) is 0 Å². The van der Waals surface area contributed by atoms with Crippen molar-refractivity contribution in [3.63, 3.8) is 0 Å². The molecule has 1 heterocycles. The molecular formula is C18H19F3O5. The van der Waals surface area contributed by atoms with E-state index in [2.05, 4.69) is 4.74 Å². The molecule has 0 unspecified atom stereocenters. The largest absolute Gasteiger partial charge is 0.460 e. The number of halogens is 3. The van der Waals surface area contributed by atoms with E-state index in [1.54, 1.807) is 6.08 Å². The number of hydrogen-bond donors (Lipinski definition) is 0. The number of carbonyl (C=O) groups is 2. The van der Waals surface area contributed by atoms with Crippen LogP contribution in [0.25, 0.3) is 0 Å². The summed E-state index contributed by atoms with van der Waals surface area (Å²) in [6.07, 6.45) is -3.15. The van der Waals surface area contributed by atoms with Crippen LogP contribution in [0.5, 0.6) is 0 Å². The van der Waals surface area contributed by atoms with Gasteiger partial charge in [-0.3, -0.25) is 0 Å². The minimum absolute atomic E-state index is 0.0776. The average molecular weight is 372 g/mol. The van der Waals surface area contributed by atoms with Crippen LogP contribution in [-0.4, -0.2) is 37.4 Å². The highest BCUT2D eigenvalue weighted by Gasteiger charge is 2.64. The summed E-state index contributed by atoms with van der Waals surface area (Å²) in [4.78, 5) is 23.7. The summed E-state index contributed by atoms with van der Waals surface area (Å²) < 4.78 is 56.0. The molecule has 26 heavy (non-hydrogen) atoms. The van der Waals surface area contributed by atoms with Crippen molar-refractivity contribution in [3.05, 3.63) is 48.0 Å². The van der Waals surface area contributed by atoms with Gasteiger partial charge in [-0.15, -0.1) is 0 Å². The standard InChI is InChI=1S/C18H19F3O5/c1-12(11-14-9-6-10-15(22)26-14)25-16(23)17(24-2,18(19,20)21)13-7-4-3-5-8-13/h3-8,10,12,14H,9,11H2,1-2H3/t12-,14+,17+/m0/s1. The van der Waals surface area contributed by atoms with Gasteiger partial charge in [-0.2, -0.15) is 13.2 Å². The van der Waals surface area contributed by atoms with Gasteiger partial charge in [-0.05, 0) is 6.92 Å². The molecule has 1 aromatic rings. The van der Waals surface area contributed by atoms with Crippen molar-refractivity contribution in [2.24, 2.45) is 0 Å². The van der Waals surface area contributed by atoms with Crippen molar-refractivity contribution < 1.29 is 37.0 Å². The summed E-state index contributed by atoms with van der Waals surface area (Å²) in [5.41, 5.74) is -3.61. The summed E-state index contributed by atoms with van der Waals surface area (Å²) in [5, 5.41) is 0. The number of esters is 2. The second-order valence-corrected chi connectivity index (χ2v) is 5.90. The summed E-state index contributed by atoms with van der Waals surface area (Å²) in [6, 6.07) is 6.57. The van der Waals surface area contributed by atoms with Gasteiger partial charge >= 0.3 is 18.1 Å². The Morgan fingerprint density at radius 3 is 2.50 bits per heavy atom. The van der Waals surface area contributed by atoms with Crippen LogP contribution in [0.4, 0.5) is 13.2 Å². The molecule has 8 heteroatoms. The molecule has 0 fully saturated rings. The Balaban J connectivity index is 2.19. The number of carbonyl (C=O) groups excluding carboxylic acids is 2. The van der Waals surface area contributed by atoms with Gasteiger partial charge in [0.25, 0.3) is 5.60 Å². The smallest absolute Gasteiger partial charge is 0.432 e. The maximum atomic E-state index is 13.8. The van der Waals surface area contributed by atoms with Crippen LogP contribution < -0.4 is 0 Å². The average Bonchev–Trinajstić information content (AvgIpc) is 2.55. The number of rotatable bonds is 6. The molecule has 1 aliphatic heterocycles. The van der Waals surface area contributed by atoms with E-state index >= 15 is 0 Å². The van der Waals surface area contributed by atoms with Crippen molar-refractivity contribution in [3.8, 4) is 0 Å². The lowest BCUT2D eigenvalue weighted by Crippen LogP contribution is -2.52. The van der Waals surface area contributed by atoms with Crippen molar-refractivity contribution >= 4 is 11.9 Å². The number of alkyl halides is 3. The lowest BCUT2D eigenvalue weighted by Gasteiger charge is -2.33. The van der Waals surface area contributed by atoms with E-state index in [4.69, 9.17) is 9.47 Å². The summed E-state index contributed by atoms with van der Waals surface area (Å²) in [7, 11) is 0.806. The number of benzene rings is 1. The fourth-order valence-electron chi connectivity index (χ4n) is 2.78. The van der Waals surface area contributed by atoms with Crippen LogP contribution in [0.1, 0.15) is 25.3 Å². The van der Waals surface area contributed by atoms with Crippen molar-refractivity contribution in [2.45, 2.75) is 43.8 Å². The predicted molar refractivity (Wildman–Crippen MR) is 85.0 cm³/mol. The molecule has 2 rings (SSSR count). The maximum absolute atomic E-state index is 13.8. The summed E-state index contributed by atoms with van der Waals surface area (Å²) >= 11 is 0. The van der Waals surface area contributed by atoms with Crippen LogP contribution >= 0.6 is 0 Å². The molecule has 0 bridgehead atoms. The third kappa shape index (κ3) is 4.07. The highest BCUT2D eigenvalue weighted by atomic mass is 19.4. The number of methoxy groups -OCH3 is 1. The van der Waals surface area contributed by atoms with E-state index in [9.17, 15) is 22.8 Å². The van der Waals surface area contributed by atoms with Crippen LogP contribution in [0, 0.1) is 0 Å². The first-order chi connectivity index (χ1) is 12.2. The molecule has 0 N–H and O–H groups in total. The zero-order valence-electron chi connectivity index (χ0n) is 14.3. The van der Waals surface area contributed by atoms with E-state index in [0.29, 0.717) is 6.42 Å². The zero-order chi connectivity index (χ0) is 19.4. The number of hydrogen-bond acceptors (Lipinski definition) is 5. The quantitative estimate of drug-likeness (QED) is 0.717. The summed E-state index contributed by atoms with van der Waals surface area (Å²) in [5.74, 6) is -2.10. The molecule has 0 aliphatic carbocycles. The number of ether oxygens (including phenoxy) is 3. The van der Waals surface area contributed by atoms with Gasteiger partial charge in [0.1, 0.15) is 12.2 Å². The van der Waals surface area contributed by atoms with Crippen LogP contribution in [0.2, 0.25) is 0 Å². The zero-order valence-corrected chi connectivity index (χ0v) is 14.3. The van der Waals surface area contributed by atoms with Gasteiger partial charge in [0.2, 0.25) is 0 Å². The summed E-state index contributed by atoms with van der Waals surface area (Å²) in [6.45, 7) is 1.44. The maximum Gasteiger partial charge on any atom is 0.432 e. The Morgan fingerprint density at radius 1 is 1.31 bits per heavy atom. The first kappa shape index (κ1) is 20.0. The molecule has 0 spiro atoms. The van der Waals surface area contributed by atoms with Crippen molar-refractivity contribution in [1.29, 1.82) is 0 Å². The van der Waals surface area contributed by atoms with Gasteiger partial charge in [-0.1, -0.05) is 36.4 Å². The van der Waals surface area contributed by atoms with Gasteiger partial charge in [-0.25, -0.2) is 9.59 Å². The first-order valence-electron chi connectivity index (χ1n) is 7.96. The Bertz CT molecular complexity index is 671. The molecular weight excluding hydrogens is 353 g/mol. The number of cyclic esters (lactones) is 1. The van der Waals surface area contributed by atoms with E-state index < -0.39 is 35.9 Å². The Labute approximate surface area is 148 Å². The topological polar surface area (TPSA) is 61.8 Å². The molecule has 1 aliphatic rings. The molecule has 5 nitrogen and oxygen atoms in total. The predicted octanol–water partition coefficient (Wildman–Crippen LogP) is 3.28. The van der Waals surface area contributed by atoms with Crippen molar-refractivity contribution in [2.75, 3.05) is 7.11 Å². The van der Waals surface area contributed by atoms with Gasteiger partial charge in [0.05, 0.1) is 0 Å². The Kier molecular flexibility index (Phi) is 6.07. The second kappa shape index (κ2) is 7.90. The third-order valence-corrected chi connectivity index (χ3v) is 4.01. The highest BCUT2D eigenvalue weighted by molar-refractivity contribution is 5.83. The molecule has 142 valence electrons. The molecule has 0 aromatic heterocycles. The minimum atomic E-state index is -5.03. The molecule has 0 saturated carbocycles. The Morgan fingerprint density at radius 2 is 1.96 bits per heavy atom. The second-order valence-electron chi connectivity index (χ2n) is 5.90. The lowest BCUT2D eigenvalue weighted by molar-refractivity contribution is -0.278.